The third-order valence-corrected chi connectivity index (χ3v) is 3.55. The van der Waals surface area contributed by atoms with E-state index in [9.17, 15) is 4.79 Å². The number of hydrogen-bond donors (Lipinski definition) is 1. The molecule has 0 heterocycles. The van der Waals surface area contributed by atoms with Crippen LogP contribution >= 0.6 is 0 Å². The average molecular weight is 327 g/mol. The summed E-state index contributed by atoms with van der Waals surface area (Å²) < 4.78 is 15.9. The number of benzene rings is 2. The van der Waals surface area contributed by atoms with Gasteiger partial charge >= 0.3 is 0 Å². The highest BCUT2D eigenvalue weighted by atomic mass is 16.5. The number of carbonyl (C=O) groups is 1. The Balaban J connectivity index is 2.21. The number of nitrogens with one attached hydrogen (secondary N) is 1. The third-order valence-electron chi connectivity index (χ3n) is 3.55. The molecule has 0 atom stereocenters. The Hall–Kier alpha value is -2.95. The molecule has 0 aliphatic carbocycles. The van der Waals surface area contributed by atoms with Gasteiger partial charge in [-0.1, -0.05) is 18.2 Å². The molecule has 0 aliphatic heterocycles. The predicted molar refractivity (Wildman–Crippen MR) is 94.9 cm³/mol. The highest BCUT2D eigenvalue weighted by Crippen LogP contribution is 2.35. The van der Waals surface area contributed by atoms with Crippen LogP contribution < -0.4 is 19.5 Å². The summed E-state index contributed by atoms with van der Waals surface area (Å²) in [6, 6.07) is 11.1. The number of para-hydroxylation sites is 1. The summed E-state index contributed by atoms with van der Waals surface area (Å²) in [5.41, 5.74) is 2.50. The smallest absolute Gasteiger partial charge is 0.248 e. The second kappa shape index (κ2) is 8.06. The van der Waals surface area contributed by atoms with Crippen molar-refractivity contribution in [2.24, 2.45) is 0 Å². The van der Waals surface area contributed by atoms with E-state index in [-0.39, 0.29) is 5.91 Å². The molecular weight excluding hydrogens is 306 g/mol. The molecule has 2 aromatic carbocycles. The molecule has 5 nitrogen and oxygen atoms in total. The monoisotopic (exact) mass is 327 g/mol. The van der Waals surface area contributed by atoms with Crippen molar-refractivity contribution in [2.45, 2.75) is 6.92 Å². The van der Waals surface area contributed by atoms with Crippen LogP contribution in [-0.2, 0) is 4.79 Å². The Labute approximate surface area is 141 Å². The molecule has 0 bridgehead atoms. The molecule has 0 aliphatic rings. The summed E-state index contributed by atoms with van der Waals surface area (Å²) in [6.07, 6.45) is 3.13. The predicted octanol–water partition coefficient (Wildman–Crippen LogP) is 3.67. The molecule has 0 radical (unpaired) electrons. The highest BCUT2D eigenvalue weighted by molar-refractivity contribution is 6.02. The van der Waals surface area contributed by atoms with Gasteiger partial charge in [0.25, 0.3) is 0 Å². The van der Waals surface area contributed by atoms with Crippen LogP contribution in [0, 0.1) is 6.92 Å². The van der Waals surface area contributed by atoms with Crippen molar-refractivity contribution in [3.05, 3.63) is 53.6 Å². The number of hydrogen-bond acceptors (Lipinski definition) is 4. The largest absolute Gasteiger partial charge is 0.496 e. The van der Waals surface area contributed by atoms with Crippen molar-refractivity contribution < 1.29 is 19.0 Å². The van der Waals surface area contributed by atoms with Crippen LogP contribution in [0.5, 0.6) is 17.2 Å². The number of methoxy groups -OCH3 is 3. The molecule has 2 rings (SSSR count). The highest BCUT2D eigenvalue weighted by Gasteiger charge is 2.10. The fourth-order valence-corrected chi connectivity index (χ4v) is 2.24. The minimum atomic E-state index is -0.221. The van der Waals surface area contributed by atoms with Crippen molar-refractivity contribution in [2.75, 3.05) is 26.6 Å². The van der Waals surface area contributed by atoms with E-state index in [4.69, 9.17) is 14.2 Å². The number of aryl methyl sites for hydroxylation is 1. The molecule has 2 aromatic rings. The van der Waals surface area contributed by atoms with Gasteiger partial charge in [-0.3, -0.25) is 4.79 Å². The van der Waals surface area contributed by atoms with E-state index in [1.165, 1.54) is 6.08 Å². The lowest BCUT2D eigenvalue weighted by Crippen LogP contribution is -2.08. The number of ether oxygens (including phenoxy) is 3. The van der Waals surface area contributed by atoms with Gasteiger partial charge in [-0.2, -0.15) is 0 Å². The Morgan fingerprint density at radius 3 is 2.21 bits per heavy atom. The lowest BCUT2D eigenvalue weighted by atomic mass is 10.1. The van der Waals surface area contributed by atoms with Gasteiger partial charge in [0.1, 0.15) is 5.75 Å². The van der Waals surface area contributed by atoms with Crippen LogP contribution in [-0.4, -0.2) is 27.2 Å². The topological polar surface area (TPSA) is 56.8 Å². The molecule has 1 N–H and O–H groups in total. The second-order valence-electron chi connectivity index (χ2n) is 5.09. The summed E-state index contributed by atoms with van der Waals surface area (Å²) in [6.45, 7) is 1.94. The minimum absolute atomic E-state index is 0.221. The first-order valence-electron chi connectivity index (χ1n) is 7.43. The fraction of sp³-hybridized carbons (Fsp3) is 0.211. The van der Waals surface area contributed by atoms with Crippen molar-refractivity contribution in [1.82, 2.24) is 0 Å². The van der Waals surface area contributed by atoms with Crippen molar-refractivity contribution in [1.29, 1.82) is 0 Å². The normalized spacial score (nSPS) is 10.5. The van der Waals surface area contributed by atoms with E-state index in [0.29, 0.717) is 17.2 Å². The van der Waals surface area contributed by atoms with E-state index >= 15 is 0 Å². The Kier molecular flexibility index (Phi) is 5.84. The van der Waals surface area contributed by atoms with Gasteiger partial charge in [-0.25, -0.2) is 0 Å². The first-order valence-corrected chi connectivity index (χ1v) is 7.43. The van der Waals surface area contributed by atoms with E-state index in [2.05, 4.69) is 5.32 Å². The SMILES string of the molecule is COc1cc(OC)c(OC)cc1/C=C/C(=O)Nc1ccccc1C. The maximum absolute atomic E-state index is 12.1. The van der Waals surface area contributed by atoms with Gasteiger partial charge in [0.15, 0.2) is 11.5 Å². The Morgan fingerprint density at radius 2 is 1.58 bits per heavy atom. The van der Waals surface area contributed by atoms with Crippen molar-refractivity contribution in [3.63, 3.8) is 0 Å². The second-order valence-corrected chi connectivity index (χ2v) is 5.09. The van der Waals surface area contributed by atoms with Crippen molar-refractivity contribution in [3.8, 4) is 17.2 Å². The first kappa shape index (κ1) is 17.4. The maximum Gasteiger partial charge on any atom is 0.248 e. The van der Waals surface area contributed by atoms with Crippen LogP contribution in [0.3, 0.4) is 0 Å². The van der Waals surface area contributed by atoms with Crippen molar-refractivity contribution >= 4 is 17.7 Å². The lowest BCUT2D eigenvalue weighted by molar-refractivity contribution is -0.111. The lowest BCUT2D eigenvalue weighted by Gasteiger charge is -2.12. The zero-order valence-corrected chi connectivity index (χ0v) is 14.3. The Morgan fingerprint density at radius 1 is 0.958 bits per heavy atom. The van der Waals surface area contributed by atoms with Crippen LogP contribution in [0.2, 0.25) is 0 Å². The van der Waals surface area contributed by atoms with Crippen LogP contribution in [0.1, 0.15) is 11.1 Å². The molecule has 0 spiro atoms. The van der Waals surface area contributed by atoms with Crippen LogP contribution in [0.25, 0.3) is 6.08 Å². The van der Waals surface area contributed by atoms with E-state index in [1.54, 1.807) is 39.5 Å². The quantitative estimate of drug-likeness (QED) is 0.823. The fourth-order valence-electron chi connectivity index (χ4n) is 2.24. The van der Waals surface area contributed by atoms with Gasteiger partial charge in [0.2, 0.25) is 5.91 Å². The summed E-state index contributed by atoms with van der Waals surface area (Å²) in [5.74, 6) is 1.50. The van der Waals surface area contributed by atoms with E-state index in [1.807, 2.05) is 31.2 Å². The average Bonchev–Trinajstić information content (AvgIpc) is 2.61. The van der Waals surface area contributed by atoms with Gasteiger partial charge in [0, 0.05) is 23.4 Å². The minimum Gasteiger partial charge on any atom is -0.496 e. The summed E-state index contributed by atoms with van der Waals surface area (Å²) >= 11 is 0. The maximum atomic E-state index is 12.1. The molecule has 0 unspecified atom stereocenters. The number of anilines is 1. The van der Waals surface area contributed by atoms with E-state index < -0.39 is 0 Å². The first-order chi connectivity index (χ1) is 11.6. The molecule has 0 fully saturated rings. The zero-order chi connectivity index (χ0) is 17.5. The summed E-state index contributed by atoms with van der Waals surface area (Å²) in [7, 11) is 4.68. The summed E-state index contributed by atoms with van der Waals surface area (Å²) in [5, 5.41) is 2.85. The molecule has 126 valence electrons. The molecule has 1 amide bonds. The van der Waals surface area contributed by atoms with Gasteiger partial charge in [0.05, 0.1) is 21.3 Å². The van der Waals surface area contributed by atoms with Crippen LogP contribution in [0.15, 0.2) is 42.5 Å². The number of carbonyl (C=O) groups excluding carboxylic acids is 1. The number of rotatable bonds is 6. The Bertz CT molecular complexity index is 753. The molecule has 0 saturated heterocycles. The number of amides is 1. The molecule has 0 aromatic heterocycles. The van der Waals surface area contributed by atoms with Crippen LogP contribution in [0.4, 0.5) is 5.69 Å². The van der Waals surface area contributed by atoms with Gasteiger partial charge in [-0.05, 0) is 30.7 Å². The third kappa shape index (κ3) is 4.07. The molecular formula is C19H21NO4. The zero-order valence-electron chi connectivity index (χ0n) is 14.3. The van der Waals surface area contributed by atoms with E-state index in [0.717, 1.165) is 16.8 Å². The molecule has 24 heavy (non-hydrogen) atoms. The standard InChI is InChI=1S/C19H21NO4/c1-13-7-5-6-8-15(13)20-19(21)10-9-14-11-17(23-3)18(24-4)12-16(14)22-2/h5-12H,1-4H3,(H,20,21)/b10-9+. The molecule has 5 heteroatoms. The van der Waals surface area contributed by atoms with Gasteiger partial charge in [-0.15, -0.1) is 0 Å². The summed E-state index contributed by atoms with van der Waals surface area (Å²) in [4.78, 5) is 12.1. The molecule has 0 saturated carbocycles. The van der Waals surface area contributed by atoms with Gasteiger partial charge < -0.3 is 19.5 Å².